The lowest BCUT2D eigenvalue weighted by Crippen LogP contribution is -2.46. The van der Waals surface area contributed by atoms with Crippen LogP contribution >= 0.6 is 0 Å². The summed E-state index contributed by atoms with van der Waals surface area (Å²) in [5.41, 5.74) is 0.160. The number of carboxylic acids is 1. The molecule has 0 aliphatic carbocycles. The van der Waals surface area contributed by atoms with Crippen LogP contribution in [0.4, 0.5) is 0 Å². The predicted octanol–water partition coefficient (Wildman–Crippen LogP) is 0.588. The number of nitrogens with one attached hydrogen (secondary N) is 1. The highest BCUT2D eigenvalue weighted by atomic mass is 16.4. The summed E-state index contributed by atoms with van der Waals surface area (Å²) < 4.78 is 0. The number of carbonyl (C=O) groups is 3. The molecule has 22 heavy (non-hydrogen) atoms. The summed E-state index contributed by atoms with van der Waals surface area (Å²) in [4.78, 5) is 36.4. The first-order valence-electron chi connectivity index (χ1n) is 7.09. The molecule has 7 nitrogen and oxygen atoms in total. The number of benzene rings is 1. The third-order valence-corrected chi connectivity index (χ3v) is 3.59. The standard InChI is InChI=1S/C15H18N2O5/c18-12-6-2-1-4-10(12)15(22)17-9-3-5-11(17)14(21)16-8-7-13(19)20/h1-2,4,6,11,18H,3,5,7-9H2,(H,16,21)(H,19,20). The van der Waals surface area contributed by atoms with E-state index < -0.39 is 17.9 Å². The Morgan fingerprint density at radius 3 is 2.68 bits per heavy atom. The molecule has 1 aromatic rings. The second-order valence-corrected chi connectivity index (χ2v) is 5.11. The van der Waals surface area contributed by atoms with Gasteiger partial charge in [0.15, 0.2) is 0 Å². The van der Waals surface area contributed by atoms with Crippen molar-refractivity contribution in [2.75, 3.05) is 13.1 Å². The minimum absolute atomic E-state index is 0.0310. The lowest BCUT2D eigenvalue weighted by molar-refractivity contribution is -0.137. The van der Waals surface area contributed by atoms with E-state index in [-0.39, 0.29) is 30.2 Å². The number of phenolic OH excluding ortho intramolecular Hbond substituents is 1. The van der Waals surface area contributed by atoms with Crippen LogP contribution in [0.15, 0.2) is 24.3 Å². The number of phenols is 1. The molecule has 1 aliphatic heterocycles. The Bertz CT molecular complexity index is 587. The second kappa shape index (κ2) is 6.93. The third-order valence-electron chi connectivity index (χ3n) is 3.59. The van der Waals surface area contributed by atoms with E-state index >= 15 is 0 Å². The van der Waals surface area contributed by atoms with E-state index in [9.17, 15) is 19.5 Å². The molecular weight excluding hydrogens is 288 g/mol. The lowest BCUT2D eigenvalue weighted by Gasteiger charge is -2.24. The summed E-state index contributed by atoms with van der Waals surface area (Å²) in [5, 5.41) is 20.9. The lowest BCUT2D eigenvalue weighted by atomic mass is 10.1. The van der Waals surface area contributed by atoms with Crippen molar-refractivity contribution < 1.29 is 24.6 Å². The van der Waals surface area contributed by atoms with Gasteiger partial charge in [-0.05, 0) is 25.0 Å². The maximum atomic E-state index is 12.5. The molecule has 1 unspecified atom stereocenters. The Balaban J connectivity index is 2.04. The number of aromatic hydroxyl groups is 1. The molecule has 118 valence electrons. The van der Waals surface area contributed by atoms with Gasteiger partial charge in [-0.25, -0.2) is 0 Å². The van der Waals surface area contributed by atoms with Crippen LogP contribution in [-0.4, -0.2) is 52.0 Å². The molecule has 0 aromatic heterocycles. The summed E-state index contributed by atoms with van der Waals surface area (Å²) in [6.45, 7) is 0.466. The van der Waals surface area contributed by atoms with Crippen molar-refractivity contribution in [3.05, 3.63) is 29.8 Å². The highest BCUT2D eigenvalue weighted by Crippen LogP contribution is 2.24. The molecule has 1 heterocycles. The molecule has 1 fully saturated rings. The fraction of sp³-hybridized carbons (Fsp3) is 0.400. The van der Waals surface area contributed by atoms with E-state index in [1.54, 1.807) is 12.1 Å². The molecule has 0 saturated carbocycles. The molecule has 1 saturated heterocycles. The number of carboxylic acid groups (broad SMARTS) is 1. The Hall–Kier alpha value is -2.57. The number of nitrogens with zero attached hydrogens (tertiary/aromatic N) is 1. The SMILES string of the molecule is O=C(O)CCNC(=O)C1CCCN1C(=O)c1ccccc1O. The Kier molecular flexibility index (Phi) is 4.98. The molecule has 1 atom stereocenters. The van der Waals surface area contributed by atoms with Crippen molar-refractivity contribution in [2.45, 2.75) is 25.3 Å². The highest BCUT2D eigenvalue weighted by Gasteiger charge is 2.35. The number of hydrogen-bond acceptors (Lipinski definition) is 4. The van der Waals surface area contributed by atoms with Crippen LogP contribution in [0.1, 0.15) is 29.6 Å². The van der Waals surface area contributed by atoms with Crippen molar-refractivity contribution in [2.24, 2.45) is 0 Å². The largest absolute Gasteiger partial charge is 0.507 e. The fourth-order valence-corrected chi connectivity index (χ4v) is 2.50. The van der Waals surface area contributed by atoms with Crippen LogP contribution in [0, 0.1) is 0 Å². The first-order valence-corrected chi connectivity index (χ1v) is 7.09. The average Bonchev–Trinajstić information content (AvgIpc) is 2.96. The van der Waals surface area contributed by atoms with E-state index in [4.69, 9.17) is 5.11 Å². The van der Waals surface area contributed by atoms with Crippen LogP contribution in [0.2, 0.25) is 0 Å². The molecule has 0 radical (unpaired) electrons. The van der Waals surface area contributed by atoms with Crippen molar-refractivity contribution in [3.8, 4) is 5.75 Å². The van der Waals surface area contributed by atoms with E-state index in [0.717, 1.165) is 0 Å². The number of likely N-dealkylation sites (tertiary alicyclic amines) is 1. The number of aliphatic carboxylic acids is 1. The van der Waals surface area contributed by atoms with Crippen molar-refractivity contribution in [1.29, 1.82) is 0 Å². The third kappa shape index (κ3) is 3.55. The molecular formula is C15H18N2O5. The van der Waals surface area contributed by atoms with Crippen molar-refractivity contribution in [3.63, 3.8) is 0 Å². The van der Waals surface area contributed by atoms with Crippen LogP contribution < -0.4 is 5.32 Å². The first-order chi connectivity index (χ1) is 10.5. The zero-order chi connectivity index (χ0) is 16.1. The zero-order valence-corrected chi connectivity index (χ0v) is 12.0. The molecule has 1 aliphatic rings. The smallest absolute Gasteiger partial charge is 0.305 e. The average molecular weight is 306 g/mol. The Morgan fingerprint density at radius 1 is 1.27 bits per heavy atom. The molecule has 0 bridgehead atoms. The highest BCUT2D eigenvalue weighted by molar-refractivity contribution is 5.99. The van der Waals surface area contributed by atoms with Crippen molar-refractivity contribution in [1.82, 2.24) is 10.2 Å². The summed E-state index contributed by atoms with van der Waals surface area (Å²) in [6.07, 6.45) is 1.06. The number of para-hydroxylation sites is 1. The summed E-state index contributed by atoms with van der Waals surface area (Å²) in [7, 11) is 0. The summed E-state index contributed by atoms with van der Waals surface area (Å²) in [5.74, 6) is -1.87. The molecule has 0 spiro atoms. The number of hydrogen-bond donors (Lipinski definition) is 3. The molecule has 2 rings (SSSR count). The van der Waals surface area contributed by atoms with Gasteiger partial charge in [0.2, 0.25) is 5.91 Å². The molecule has 3 N–H and O–H groups in total. The van der Waals surface area contributed by atoms with E-state index in [0.29, 0.717) is 19.4 Å². The van der Waals surface area contributed by atoms with Crippen LogP contribution in [0.25, 0.3) is 0 Å². The fourth-order valence-electron chi connectivity index (χ4n) is 2.50. The van der Waals surface area contributed by atoms with Crippen LogP contribution in [-0.2, 0) is 9.59 Å². The van der Waals surface area contributed by atoms with Gasteiger partial charge in [0.1, 0.15) is 11.8 Å². The Labute approximate surface area is 127 Å². The molecule has 2 amide bonds. The van der Waals surface area contributed by atoms with E-state index in [1.807, 2.05) is 0 Å². The minimum atomic E-state index is -0.992. The number of amides is 2. The maximum Gasteiger partial charge on any atom is 0.305 e. The van der Waals surface area contributed by atoms with Gasteiger partial charge in [-0.2, -0.15) is 0 Å². The van der Waals surface area contributed by atoms with Crippen LogP contribution in [0.3, 0.4) is 0 Å². The van der Waals surface area contributed by atoms with Crippen LogP contribution in [0.5, 0.6) is 5.75 Å². The van der Waals surface area contributed by atoms with Gasteiger partial charge in [-0.15, -0.1) is 0 Å². The number of carbonyl (C=O) groups excluding carboxylic acids is 2. The van der Waals surface area contributed by atoms with Gasteiger partial charge < -0.3 is 20.4 Å². The van der Waals surface area contributed by atoms with Gasteiger partial charge in [0, 0.05) is 13.1 Å². The minimum Gasteiger partial charge on any atom is -0.507 e. The van der Waals surface area contributed by atoms with Gasteiger partial charge in [0.05, 0.1) is 12.0 Å². The zero-order valence-electron chi connectivity index (χ0n) is 12.0. The van der Waals surface area contributed by atoms with Gasteiger partial charge >= 0.3 is 5.97 Å². The van der Waals surface area contributed by atoms with E-state index in [1.165, 1.54) is 17.0 Å². The first kappa shape index (κ1) is 15.8. The second-order valence-electron chi connectivity index (χ2n) is 5.11. The quantitative estimate of drug-likeness (QED) is 0.738. The normalized spacial score (nSPS) is 17.3. The van der Waals surface area contributed by atoms with Gasteiger partial charge in [0.25, 0.3) is 5.91 Å². The van der Waals surface area contributed by atoms with Gasteiger partial charge in [-0.3, -0.25) is 14.4 Å². The summed E-state index contributed by atoms with van der Waals surface area (Å²) in [6, 6.07) is 5.57. The maximum absolute atomic E-state index is 12.5. The Morgan fingerprint density at radius 2 is 2.00 bits per heavy atom. The predicted molar refractivity (Wildman–Crippen MR) is 77.4 cm³/mol. The number of rotatable bonds is 5. The molecule has 7 heteroatoms. The summed E-state index contributed by atoms with van der Waals surface area (Å²) >= 11 is 0. The molecule has 1 aromatic carbocycles. The van der Waals surface area contributed by atoms with Gasteiger partial charge in [-0.1, -0.05) is 12.1 Å². The van der Waals surface area contributed by atoms with E-state index in [2.05, 4.69) is 5.32 Å². The monoisotopic (exact) mass is 306 g/mol. The topological polar surface area (TPSA) is 107 Å². The van der Waals surface area contributed by atoms with Crippen molar-refractivity contribution >= 4 is 17.8 Å².